The second-order valence-electron chi connectivity index (χ2n) is 7.37. The summed E-state index contributed by atoms with van der Waals surface area (Å²) in [5.41, 5.74) is 0.155. The summed E-state index contributed by atoms with van der Waals surface area (Å²) in [4.78, 5) is 41.5. The van der Waals surface area contributed by atoms with Gasteiger partial charge in [-0.1, -0.05) is 0 Å². The minimum Gasteiger partial charge on any atom is -0.481 e. The quantitative estimate of drug-likeness (QED) is 0.794. The molecule has 0 spiro atoms. The molecular weight excluding hydrogens is 368 g/mol. The first-order valence-electron chi connectivity index (χ1n) is 9.28. The number of rotatable bonds is 6. The summed E-state index contributed by atoms with van der Waals surface area (Å²) in [7, 11) is 1.47. The van der Waals surface area contributed by atoms with Crippen molar-refractivity contribution in [2.75, 3.05) is 33.4 Å². The van der Waals surface area contributed by atoms with Crippen LogP contribution in [0.2, 0.25) is 0 Å². The zero-order chi connectivity index (χ0) is 19.4. The van der Waals surface area contributed by atoms with Crippen molar-refractivity contribution >= 4 is 29.1 Å². The summed E-state index contributed by atoms with van der Waals surface area (Å²) < 4.78 is 5.09. The molecule has 0 saturated carbocycles. The second kappa shape index (κ2) is 8.39. The molecule has 1 aromatic rings. The van der Waals surface area contributed by atoms with Crippen molar-refractivity contribution in [3.05, 3.63) is 21.9 Å². The number of ether oxygens (including phenoxy) is 1. The summed E-state index contributed by atoms with van der Waals surface area (Å²) in [5, 5.41) is 11.6. The number of methoxy groups -OCH3 is 1. The molecule has 0 aliphatic carbocycles. The lowest BCUT2D eigenvalue weighted by Crippen LogP contribution is -2.52. The molecule has 1 unspecified atom stereocenters. The fraction of sp³-hybridized carbons (Fsp3) is 0.632. The van der Waals surface area contributed by atoms with Crippen molar-refractivity contribution in [3.63, 3.8) is 0 Å². The highest BCUT2D eigenvalue weighted by molar-refractivity contribution is 7.10. The Hall–Kier alpha value is -1.93. The number of hydrogen-bond donors (Lipinski definition) is 1. The third kappa shape index (κ3) is 4.32. The SMILES string of the molecule is COCC1(C(=O)O)CCCN(C(=O)CCC(=O)N2CCc3sccc3C2)C1. The van der Waals surface area contributed by atoms with Gasteiger partial charge in [-0.15, -0.1) is 11.3 Å². The van der Waals surface area contributed by atoms with Crippen LogP contribution < -0.4 is 0 Å². The van der Waals surface area contributed by atoms with E-state index in [2.05, 4.69) is 6.07 Å². The Morgan fingerprint density at radius 2 is 1.96 bits per heavy atom. The number of carboxylic acids is 1. The van der Waals surface area contributed by atoms with E-state index in [1.807, 2.05) is 10.3 Å². The first-order chi connectivity index (χ1) is 12.9. The number of carbonyl (C=O) groups is 3. The highest BCUT2D eigenvalue weighted by atomic mass is 32.1. The molecular formula is C19H26N2O5S. The third-order valence-corrected chi connectivity index (χ3v) is 6.54. The smallest absolute Gasteiger partial charge is 0.313 e. The molecule has 0 radical (unpaired) electrons. The molecule has 2 amide bonds. The fourth-order valence-electron chi connectivity index (χ4n) is 3.97. The summed E-state index contributed by atoms with van der Waals surface area (Å²) >= 11 is 1.73. The Bertz CT molecular complexity index is 715. The van der Waals surface area contributed by atoms with Gasteiger partial charge in [0.1, 0.15) is 5.41 Å². The maximum Gasteiger partial charge on any atom is 0.313 e. The molecule has 1 N–H and O–H groups in total. The lowest BCUT2D eigenvalue weighted by atomic mass is 9.80. The van der Waals surface area contributed by atoms with Crippen molar-refractivity contribution in [3.8, 4) is 0 Å². The van der Waals surface area contributed by atoms with Crippen LogP contribution in [0.25, 0.3) is 0 Å². The van der Waals surface area contributed by atoms with Crippen molar-refractivity contribution in [2.24, 2.45) is 5.41 Å². The molecule has 3 rings (SSSR count). The van der Waals surface area contributed by atoms with E-state index < -0.39 is 11.4 Å². The molecule has 8 heteroatoms. The van der Waals surface area contributed by atoms with Crippen molar-refractivity contribution in [1.29, 1.82) is 0 Å². The summed E-state index contributed by atoms with van der Waals surface area (Å²) in [6.45, 7) is 2.08. The van der Waals surface area contributed by atoms with Gasteiger partial charge in [-0.05, 0) is 36.3 Å². The number of aliphatic carboxylic acids is 1. The van der Waals surface area contributed by atoms with Gasteiger partial charge in [0.15, 0.2) is 0 Å². The van der Waals surface area contributed by atoms with E-state index in [0.717, 1.165) is 6.42 Å². The average molecular weight is 394 g/mol. The van der Waals surface area contributed by atoms with Crippen molar-refractivity contribution < 1.29 is 24.2 Å². The first-order valence-corrected chi connectivity index (χ1v) is 10.2. The van der Waals surface area contributed by atoms with Gasteiger partial charge in [0.2, 0.25) is 11.8 Å². The number of piperidine rings is 1. The van der Waals surface area contributed by atoms with Crippen LogP contribution in [0.5, 0.6) is 0 Å². The predicted molar refractivity (Wildman–Crippen MR) is 100 cm³/mol. The second-order valence-corrected chi connectivity index (χ2v) is 8.37. The van der Waals surface area contributed by atoms with Crippen LogP contribution in [-0.2, 0) is 32.1 Å². The Kier molecular flexibility index (Phi) is 6.16. The molecule has 0 bridgehead atoms. The summed E-state index contributed by atoms with van der Waals surface area (Å²) in [6, 6.07) is 2.06. The summed E-state index contributed by atoms with van der Waals surface area (Å²) in [5.74, 6) is -1.10. The number of thiophene rings is 1. The predicted octanol–water partition coefficient (Wildman–Crippen LogP) is 1.75. The van der Waals surface area contributed by atoms with Crippen LogP contribution in [0.3, 0.4) is 0 Å². The largest absolute Gasteiger partial charge is 0.481 e. The Labute approximate surface area is 162 Å². The van der Waals surface area contributed by atoms with Gasteiger partial charge in [0, 0.05) is 51.0 Å². The molecule has 148 valence electrons. The van der Waals surface area contributed by atoms with E-state index in [4.69, 9.17) is 4.74 Å². The van der Waals surface area contributed by atoms with Gasteiger partial charge in [-0.3, -0.25) is 14.4 Å². The van der Waals surface area contributed by atoms with Gasteiger partial charge in [0.25, 0.3) is 0 Å². The zero-order valence-corrected chi connectivity index (χ0v) is 16.4. The summed E-state index contributed by atoms with van der Waals surface area (Å²) in [6.07, 6.45) is 2.28. The maximum absolute atomic E-state index is 12.6. The molecule has 2 aliphatic rings. The maximum atomic E-state index is 12.6. The number of hydrogen-bond acceptors (Lipinski definition) is 5. The van der Waals surface area contributed by atoms with Gasteiger partial charge in [-0.2, -0.15) is 0 Å². The number of carboxylic acid groups (broad SMARTS) is 1. The van der Waals surface area contributed by atoms with Crippen LogP contribution in [0, 0.1) is 5.41 Å². The number of amides is 2. The van der Waals surface area contributed by atoms with Gasteiger partial charge >= 0.3 is 5.97 Å². The fourth-order valence-corrected chi connectivity index (χ4v) is 4.86. The topological polar surface area (TPSA) is 87.1 Å². The highest BCUT2D eigenvalue weighted by Crippen LogP contribution is 2.31. The lowest BCUT2D eigenvalue weighted by Gasteiger charge is -2.39. The minimum absolute atomic E-state index is 0.0152. The van der Waals surface area contributed by atoms with E-state index in [9.17, 15) is 19.5 Å². The van der Waals surface area contributed by atoms with Crippen LogP contribution in [0.15, 0.2) is 11.4 Å². The van der Waals surface area contributed by atoms with Gasteiger partial charge in [-0.25, -0.2) is 0 Å². The molecule has 3 heterocycles. The zero-order valence-electron chi connectivity index (χ0n) is 15.6. The standard InChI is InChI=1S/C19H26N2O5S/c1-26-13-19(18(24)25)7-2-8-21(12-19)17(23)4-3-16(22)20-9-5-15-14(11-20)6-10-27-15/h6,10H,2-5,7-9,11-13H2,1H3,(H,24,25). The Balaban J connectivity index is 1.53. The van der Waals surface area contributed by atoms with E-state index >= 15 is 0 Å². The molecule has 1 aromatic heterocycles. The normalized spacial score (nSPS) is 22.4. The molecule has 1 atom stereocenters. The van der Waals surface area contributed by atoms with Crippen LogP contribution in [0.4, 0.5) is 0 Å². The first kappa shape index (κ1) is 19.8. The molecule has 7 nitrogen and oxygen atoms in total. The lowest BCUT2D eigenvalue weighted by molar-refractivity contribution is -0.159. The number of carbonyl (C=O) groups excluding carboxylic acids is 2. The number of nitrogens with zero attached hydrogens (tertiary/aromatic N) is 2. The third-order valence-electron chi connectivity index (χ3n) is 5.52. The molecule has 27 heavy (non-hydrogen) atoms. The van der Waals surface area contributed by atoms with E-state index in [0.29, 0.717) is 32.5 Å². The number of likely N-dealkylation sites (tertiary alicyclic amines) is 1. The molecule has 0 aromatic carbocycles. The van der Waals surface area contributed by atoms with Crippen LogP contribution >= 0.6 is 11.3 Å². The molecule has 1 fully saturated rings. The molecule has 2 aliphatic heterocycles. The van der Waals surface area contributed by atoms with E-state index in [1.54, 1.807) is 16.2 Å². The van der Waals surface area contributed by atoms with Gasteiger partial charge in [0.05, 0.1) is 6.61 Å². The van der Waals surface area contributed by atoms with Crippen LogP contribution in [-0.4, -0.2) is 66.0 Å². The minimum atomic E-state index is -1.05. The van der Waals surface area contributed by atoms with Crippen molar-refractivity contribution in [2.45, 2.75) is 38.6 Å². The number of fused-ring (bicyclic) bond motifs is 1. The monoisotopic (exact) mass is 394 g/mol. The highest BCUT2D eigenvalue weighted by Gasteiger charge is 2.43. The Morgan fingerprint density at radius 1 is 1.22 bits per heavy atom. The van der Waals surface area contributed by atoms with E-state index in [-0.39, 0.29) is 37.8 Å². The van der Waals surface area contributed by atoms with E-state index in [1.165, 1.54) is 17.6 Å². The molecule has 1 saturated heterocycles. The van der Waals surface area contributed by atoms with Crippen molar-refractivity contribution in [1.82, 2.24) is 9.80 Å². The van der Waals surface area contributed by atoms with Crippen LogP contribution in [0.1, 0.15) is 36.1 Å². The Morgan fingerprint density at radius 3 is 2.67 bits per heavy atom. The van der Waals surface area contributed by atoms with Gasteiger partial charge < -0.3 is 19.6 Å². The average Bonchev–Trinajstić information content (AvgIpc) is 3.14.